The maximum Gasteiger partial charge on any atom is 0.251 e. The molecule has 3 fully saturated rings. The van der Waals surface area contributed by atoms with Crippen molar-refractivity contribution in [2.75, 3.05) is 26.2 Å². The summed E-state index contributed by atoms with van der Waals surface area (Å²) in [5.41, 5.74) is 24.0. The predicted octanol–water partition coefficient (Wildman–Crippen LogP) is -6.34. The molecule has 0 aromatic rings. The number of amides is 8. The minimum atomic E-state index is -1.75. The van der Waals surface area contributed by atoms with Gasteiger partial charge in [-0.15, -0.1) is 0 Å². The number of hydrogen-bond acceptors (Lipinski definition) is 18. The van der Waals surface area contributed by atoms with Crippen molar-refractivity contribution < 1.29 is 68.3 Å². The third-order valence-electron chi connectivity index (χ3n) is 12.9. The number of hydrogen-bond donors (Lipinski definition) is 16. The second-order valence-corrected chi connectivity index (χ2v) is 20.6. The molecule has 0 spiro atoms. The van der Waals surface area contributed by atoms with Gasteiger partial charge in [0.1, 0.15) is 72.9 Å². The van der Waals surface area contributed by atoms with Gasteiger partial charge in [-0.3, -0.25) is 38.4 Å². The third kappa shape index (κ3) is 17.2. The standard InChI is InChI=1S/C46H84N12O14/c1-19(2)15-25-39(63)51-17-27-33(59)35(61)29(49)37(71-27)45(69)58-32(22(7)8)44(68)54-24(12-10-14-48)42(66)56-26(16-20(3)4)40(64)52-18-28-34(60)36(62)30(50)38(72-28)46(70)57-31(21(5)6)43(67)53-23(11-9-13-47)41(65)55-25/h19-38,59-62H,9-18,47-50H2,1-8H3,(H,51,63)(H,52,64)(H,53,67)(H,54,68)(H,55,65)(H,56,66)(H,57,70)(H,58,69)/t23-,24-,25-,26+,27+,28+,29+,30+,31-,32-,33+,34+,35+,36+,37+,38+/m0/s1. The molecule has 0 unspecified atom stereocenters. The summed E-state index contributed by atoms with van der Waals surface area (Å²) in [6.45, 7) is 12.9. The van der Waals surface area contributed by atoms with Crippen LogP contribution in [0.4, 0.5) is 0 Å². The zero-order chi connectivity index (χ0) is 54.3. The minimum Gasteiger partial charge on any atom is -0.389 e. The van der Waals surface area contributed by atoms with Gasteiger partial charge >= 0.3 is 0 Å². The fourth-order valence-corrected chi connectivity index (χ4v) is 8.63. The smallest absolute Gasteiger partial charge is 0.251 e. The molecule has 412 valence electrons. The summed E-state index contributed by atoms with van der Waals surface area (Å²) in [5, 5.41) is 65.1. The normalized spacial score (nSPS) is 34.8. The lowest BCUT2D eigenvalue weighted by Gasteiger charge is -2.41. The quantitative estimate of drug-likeness (QED) is 0.0864. The highest BCUT2D eigenvalue weighted by atomic mass is 16.5. The predicted molar refractivity (Wildman–Crippen MR) is 260 cm³/mol. The number of ether oxygens (including phenoxy) is 2. The topological polar surface area (TPSA) is 436 Å². The van der Waals surface area contributed by atoms with Crippen molar-refractivity contribution in [1.82, 2.24) is 42.5 Å². The van der Waals surface area contributed by atoms with Crippen molar-refractivity contribution in [3.63, 3.8) is 0 Å². The van der Waals surface area contributed by atoms with E-state index < -0.39 is 169 Å². The van der Waals surface area contributed by atoms with Gasteiger partial charge in [-0.1, -0.05) is 55.4 Å². The van der Waals surface area contributed by atoms with E-state index in [9.17, 15) is 58.8 Å². The number of fused-ring (bicyclic) bond motifs is 4. The Labute approximate surface area is 421 Å². The maximum absolute atomic E-state index is 14.0. The Morgan fingerprint density at radius 3 is 1.07 bits per heavy atom. The molecule has 3 aliphatic rings. The average molecular weight is 1030 g/mol. The van der Waals surface area contributed by atoms with Gasteiger partial charge in [-0.05, 0) is 75.3 Å². The molecule has 16 atom stereocenters. The number of carbonyl (C=O) groups is 8. The second-order valence-electron chi connectivity index (χ2n) is 20.6. The van der Waals surface area contributed by atoms with Gasteiger partial charge in [0.25, 0.3) is 11.8 Å². The van der Waals surface area contributed by atoms with Crippen molar-refractivity contribution in [1.29, 1.82) is 0 Å². The average Bonchev–Trinajstić information content (AvgIpc) is 3.31. The van der Waals surface area contributed by atoms with E-state index in [0.29, 0.717) is 0 Å². The first-order valence-corrected chi connectivity index (χ1v) is 25.1. The van der Waals surface area contributed by atoms with Crippen molar-refractivity contribution in [2.45, 2.75) is 191 Å². The fraction of sp³-hybridized carbons (Fsp3) is 0.826. The van der Waals surface area contributed by atoms with Crippen LogP contribution in [0.2, 0.25) is 0 Å². The first kappa shape index (κ1) is 61.7. The summed E-state index contributed by atoms with van der Waals surface area (Å²) in [5.74, 6) is -8.16. The number of carbonyl (C=O) groups excluding carboxylic acids is 8. The van der Waals surface area contributed by atoms with Crippen LogP contribution in [-0.4, -0.2) is 191 Å². The molecule has 0 saturated carbocycles. The van der Waals surface area contributed by atoms with E-state index in [2.05, 4.69) is 42.5 Å². The molecule has 3 rings (SSSR count). The summed E-state index contributed by atoms with van der Waals surface area (Å²) in [6, 6.07) is -10.7. The van der Waals surface area contributed by atoms with Gasteiger partial charge in [0.15, 0.2) is 12.2 Å². The molecule has 3 aliphatic heterocycles. The molecule has 4 bridgehead atoms. The first-order chi connectivity index (χ1) is 33.7. The van der Waals surface area contributed by atoms with Gasteiger partial charge in [0.2, 0.25) is 35.4 Å². The van der Waals surface area contributed by atoms with E-state index in [1.807, 2.05) is 0 Å². The van der Waals surface area contributed by atoms with E-state index in [4.69, 9.17) is 32.4 Å². The van der Waals surface area contributed by atoms with E-state index in [0.717, 1.165) is 0 Å². The van der Waals surface area contributed by atoms with Crippen molar-refractivity contribution >= 4 is 47.3 Å². The van der Waals surface area contributed by atoms with Crippen molar-refractivity contribution in [3.8, 4) is 0 Å². The Hall–Kier alpha value is -4.64. The number of aliphatic hydroxyl groups excluding tert-OH is 4. The Balaban J connectivity index is 2.10. The third-order valence-corrected chi connectivity index (χ3v) is 12.9. The molecule has 0 aromatic carbocycles. The summed E-state index contributed by atoms with van der Waals surface area (Å²) in [7, 11) is 0. The first-order valence-electron chi connectivity index (χ1n) is 25.1. The van der Waals surface area contributed by atoms with Gasteiger partial charge < -0.3 is 95.4 Å². The summed E-state index contributed by atoms with van der Waals surface area (Å²) >= 11 is 0. The minimum absolute atomic E-state index is 0.0105. The lowest BCUT2D eigenvalue weighted by Crippen LogP contribution is -2.68. The van der Waals surface area contributed by atoms with E-state index in [1.165, 1.54) is 0 Å². The Morgan fingerprint density at radius 2 is 0.778 bits per heavy atom. The number of nitrogens with two attached hydrogens (primary N) is 4. The molecular formula is C46H84N12O14. The Morgan fingerprint density at radius 1 is 0.458 bits per heavy atom. The van der Waals surface area contributed by atoms with Crippen LogP contribution in [0, 0.1) is 23.7 Å². The molecule has 26 nitrogen and oxygen atoms in total. The molecular weight excluding hydrogens is 945 g/mol. The molecule has 26 heteroatoms. The van der Waals surface area contributed by atoms with Gasteiger partial charge in [-0.2, -0.15) is 0 Å². The zero-order valence-corrected chi connectivity index (χ0v) is 42.8. The number of nitrogens with one attached hydrogen (secondary N) is 8. The van der Waals surface area contributed by atoms with E-state index in [-0.39, 0.29) is 63.5 Å². The van der Waals surface area contributed by atoms with Crippen LogP contribution in [0.1, 0.15) is 93.9 Å². The lowest BCUT2D eigenvalue weighted by molar-refractivity contribution is -0.185. The van der Waals surface area contributed by atoms with Crippen LogP contribution >= 0.6 is 0 Å². The zero-order valence-electron chi connectivity index (χ0n) is 42.8. The molecule has 0 aliphatic carbocycles. The summed E-state index contributed by atoms with van der Waals surface area (Å²) in [4.78, 5) is 112. The molecule has 20 N–H and O–H groups in total. The van der Waals surface area contributed by atoms with Gasteiger partial charge in [-0.25, -0.2) is 0 Å². The molecule has 72 heavy (non-hydrogen) atoms. The van der Waals surface area contributed by atoms with Gasteiger partial charge in [0.05, 0.1) is 12.1 Å². The van der Waals surface area contributed by atoms with Crippen LogP contribution in [-0.2, 0) is 47.8 Å². The largest absolute Gasteiger partial charge is 0.389 e. The Kier molecular flexibility index (Phi) is 24.6. The molecule has 0 aromatic heterocycles. The monoisotopic (exact) mass is 1030 g/mol. The van der Waals surface area contributed by atoms with Crippen LogP contribution in [0.5, 0.6) is 0 Å². The molecule has 0 radical (unpaired) electrons. The van der Waals surface area contributed by atoms with Gasteiger partial charge in [0, 0.05) is 13.1 Å². The SMILES string of the molecule is CC(C)C[C@@H]1NC(=O)[C@H](CCCN)NC(=O)[C@H](C(C)C)NC(=O)[C@@H]2O[C@H](CNC(=O)[C@@H](CC(C)C)NC(=O)[C@H](CCCN)NC(=O)[C@H](C(C)C)NC(=O)[C@@H]3O[C@H](CNC1=O)[C@@H](O)[C@H](O)[C@H]3N)[C@@H](O)[C@H](O)[C@H]2N. The van der Waals surface area contributed by atoms with Crippen molar-refractivity contribution in [3.05, 3.63) is 0 Å². The summed E-state index contributed by atoms with van der Waals surface area (Å²) in [6.07, 6.45) is -12.5. The lowest BCUT2D eigenvalue weighted by atomic mass is 9.92. The highest BCUT2D eigenvalue weighted by Gasteiger charge is 2.48. The van der Waals surface area contributed by atoms with E-state index >= 15 is 0 Å². The highest BCUT2D eigenvalue weighted by molar-refractivity contribution is 5.96. The fourth-order valence-electron chi connectivity index (χ4n) is 8.63. The Bertz CT molecular complexity index is 1720. The van der Waals surface area contributed by atoms with E-state index in [1.54, 1.807) is 55.4 Å². The second kappa shape index (κ2) is 28.7. The van der Waals surface area contributed by atoms with Crippen LogP contribution in [0.3, 0.4) is 0 Å². The summed E-state index contributed by atoms with van der Waals surface area (Å²) < 4.78 is 11.8. The molecule has 3 saturated heterocycles. The van der Waals surface area contributed by atoms with Crippen LogP contribution < -0.4 is 65.5 Å². The number of aliphatic hydroxyl groups is 4. The maximum atomic E-state index is 14.0. The molecule has 8 amide bonds. The number of rotatable bonds is 12. The van der Waals surface area contributed by atoms with Crippen LogP contribution in [0.15, 0.2) is 0 Å². The highest BCUT2D eigenvalue weighted by Crippen LogP contribution is 2.23. The van der Waals surface area contributed by atoms with Crippen LogP contribution in [0.25, 0.3) is 0 Å². The molecule has 3 heterocycles. The van der Waals surface area contributed by atoms with Crippen molar-refractivity contribution in [2.24, 2.45) is 46.6 Å².